The van der Waals surface area contributed by atoms with Gasteiger partial charge in [0.1, 0.15) is 11.5 Å². The van der Waals surface area contributed by atoms with E-state index in [1.807, 2.05) is 70.3 Å². The van der Waals surface area contributed by atoms with Gasteiger partial charge < -0.3 is 13.9 Å². The molecule has 0 atom stereocenters. The maximum Gasteiger partial charge on any atom is 0.129 e. The molecule has 12 rings (SSSR count). The average Bonchev–Trinajstić information content (AvgIpc) is 4.14. The van der Waals surface area contributed by atoms with Crippen molar-refractivity contribution in [2.75, 3.05) is 0 Å². The van der Waals surface area contributed by atoms with Crippen LogP contribution in [0.15, 0.2) is 219 Å². The number of benzene rings is 8. The quantitative estimate of drug-likeness (QED) is 0.154. The highest BCUT2D eigenvalue weighted by Crippen LogP contribution is 2.35. The summed E-state index contributed by atoms with van der Waals surface area (Å²) >= 11 is 0. The van der Waals surface area contributed by atoms with Gasteiger partial charge in [0.05, 0.1) is 57.2 Å². The number of nitrogens with zero attached hydrogens (tertiary/aromatic N) is 6. The number of para-hydroxylation sites is 4. The van der Waals surface area contributed by atoms with E-state index in [-0.39, 0.29) is 0 Å². The summed E-state index contributed by atoms with van der Waals surface area (Å²) in [6.45, 7) is 0. The molecular weight excluding hydrogens is 749 g/mol. The maximum atomic E-state index is 6.51. The van der Waals surface area contributed by atoms with Crippen LogP contribution in [0.1, 0.15) is 0 Å². The summed E-state index contributed by atoms with van der Waals surface area (Å²) in [4.78, 5) is 0. The van der Waals surface area contributed by atoms with Gasteiger partial charge >= 0.3 is 0 Å². The third kappa shape index (κ3) is 5.82. The zero-order valence-corrected chi connectivity index (χ0v) is 32.9. The van der Waals surface area contributed by atoms with Crippen molar-refractivity contribution in [3.63, 3.8) is 0 Å². The topological polar surface area (TPSA) is 54.7 Å². The van der Waals surface area contributed by atoms with Gasteiger partial charge in [-0.2, -0.15) is 10.2 Å². The molecule has 4 heterocycles. The van der Waals surface area contributed by atoms with E-state index < -0.39 is 0 Å². The van der Waals surface area contributed by atoms with Crippen LogP contribution < -0.4 is 4.74 Å². The molecular formula is C54H36N6O. The predicted molar refractivity (Wildman–Crippen MR) is 247 cm³/mol. The van der Waals surface area contributed by atoms with E-state index in [0.717, 1.165) is 45.3 Å². The molecule has 0 bridgehead atoms. The summed E-state index contributed by atoms with van der Waals surface area (Å²) in [5, 5.41) is 14.5. The van der Waals surface area contributed by atoms with Crippen molar-refractivity contribution in [1.82, 2.24) is 28.7 Å². The number of aromatic nitrogens is 6. The van der Waals surface area contributed by atoms with Crippen LogP contribution >= 0.6 is 0 Å². The van der Waals surface area contributed by atoms with Crippen LogP contribution in [0.2, 0.25) is 0 Å². The fraction of sp³-hybridized carbons (Fsp3) is 0. The van der Waals surface area contributed by atoms with E-state index in [4.69, 9.17) is 14.9 Å². The minimum absolute atomic E-state index is 0.708. The molecule has 7 nitrogen and oxygen atoms in total. The summed E-state index contributed by atoms with van der Waals surface area (Å²) in [7, 11) is 0. The molecule has 7 heteroatoms. The largest absolute Gasteiger partial charge is 0.457 e. The summed E-state index contributed by atoms with van der Waals surface area (Å²) < 4.78 is 15.1. The third-order valence-corrected chi connectivity index (χ3v) is 11.6. The van der Waals surface area contributed by atoms with Crippen LogP contribution in [-0.4, -0.2) is 28.7 Å². The first kappa shape index (κ1) is 34.6. The van der Waals surface area contributed by atoms with Gasteiger partial charge in [-0.3, -0.25) is 0 Å². The lowest BCUT2D eigenvalue weighted by atomic mass is 10.1. The van der Waals surface area contributed by atoms with E-state index in [9.17, 15) is 0 Å². The number of fused-ring (bicyclic) bond motifs is 6. The van der Waals surface area contributed by atoms with Crippen molar-refractivity contribution in [3.05, 3.63) is 219 Å². The number of hydrogen-bond acceptors (Lipinski definition) is 3. The normalized spacial score (nSPS) is 11.6. The smallest absolute Gasteiger partial charge is 0.129 e. The molecule has 0 radical (unpaired) electrons. The molecule has 0 amide bonds. The van der Waals surface area contributed by atoms with Crippen LogP contribution in [0.25, 0.3) is 88.9 Å². The second-order valence-electron chi connectivity index (χ2n) is 15.2. The van der Waals surface area contributed by atoms with Crippen molar-refractivity contribution in [2.45, 2.75) is 0 Å². The zero-order valence-electron chi connectivity index (χ0n) is 32.9. The highest BCUT2D eigenvalue weighted by atomic mass is 16.5. The number of ether oxygens (including phenoxy) is 1. The monoisotopic (exact) mass is 784 g/mol. The second-order valence-corrected chi connectivity index (χ2v) is 15.2. The molecule has 0 saturated heterocycles. The average molecular weight is 785 g/mol. The Morgan fingerprint density at radius 1 is 0.311 bits per heavy atom. The molecule has 61 heavy (non-hydrogen) atoms. The molecule has 0 N–H and O–H groups in total. The molecule has 0 unspecified atom stereocenters. The van der Waals surface area contributed by atoms with Gasteiger partial charge in [-0.05, 0) is 84.9 Å². The van der Waals surface area contributed by atoms with Crippen molar-refractivity contribution >= 4 is 43.6 Å². The molecule has 0 aliphatic rings. The Kier molecular flexibility index (Phi) is 8.03. The Morgan fingerprint density at radius 3 is 1.05 bits per heavy atom. The molecule has 4 aromatic heterocycles. The Morgan fingerprint density at radius 2 is 0.672 bits per heavy atom. The maximum absolute atomic E-state index is 6.51. The summed E-state index contributed by atoms with van der Waals surface area (Å²) in [6, 6.07) is 71.9. The zero-order chi connectivity index (χ0) is 40.3. The van der Waals surface area contributed by atoms with Crippen molar-refractivity contribution < 1.29 is 4.74 Å². The van der Waals surface area contributed by atoms with E-state index in [1.165, 1.54) is 43.6 Å². The first-order valence-electron chi connectivity index (χ1n) is 20.4. The van der Waals surface area contributed by atoms with Crippen LogP contribution in [0.4, 0.5) is 0 Å². The molecule has 0 fully saturated rings. The van der Waals surface area contributed by atoms with E-state index >= 15 is 0 Å². The minimum atomic E-state index is 0.708. The lowest BCUT2D eigenvalue weighted by Gasteiger charge is -2.13. The van der Waals surface area contributed by atoms with Crippen LogP contribution in [0.5, 0.6) is 11.5 Å². The lowest BCUT2D eigenvalue weighted by molar-refractivity contribution is 0.482. The molecule has 0 saturated carbocycles. The van der Waals surface area contributed by atoms with Gasteiger partial charge in [-0.25, -0.2) is 9.36 Å². The number of rotatable bonds is 8. The van der Waals surface area contributed by atoms with Gasteiger partial charge in [0.25, 0.3) is 0 Å². The van der Waals surface area contributed by atoms with E-state index in [2.05, 4.69) is 167 Å². The van der Waals surface area contributed by atoms with Crippen molar-refractivity contribution in [3.8, 4) is 56.8 Å². The third-order valence-electron chi connectivity index (χ3n) is 11.6. The lowest BCUT2D eigenvalue weighted by Crippen LogP contribution is -2.01. The van der Waals surface area contributed by atoms with Gasteiger partial charge in [-0.15, -0.1) is 0 Å². The standard InChI is InChI=1S/C54H36N6O/c1-5-19-51-45(15-1)46-16-2-6-20-52(46)57(51)39-27-23-37(24-28-39)49-31-33-55-59(49)41-11-9-13-43(35-41)61-44-14-10-12-42(36-44)60-50(32-34-56-60)38-25-29-40(30-26-38)58-53-21-7-3-17-47(53)48-18-4-8-22-54(48)58/h1-36H. The molecule has 288 valence electrons. The summed E-state index contributed by atoms with van der Waals surface area (Å²) in [5.41, 5.74) is 12.9. The predicted octanol–water partition coefficient (Wildman–Crippen LogP) is 13.4. The Bertz CT molecular complexity index is 3220. The molecule has 8 aromatic carbocycles. The molecule has 12 aromatic rings. The minimum Gasteiger partial charge on any atom is -0.457 e. The summed E-state index contributed by atoms with van der Waals surface area (Å²) in [5.74, 6) is 1.42. The van der Waals surface area contributed by atoms with Crippen LogP contribution in [0, 0.1) is 0 Å². The SMILES string of the molecule is c1cc(Oc2cccc(-n3nccc3-c3ccc(-n4c5ccccc5c5ccccc54)cc3)c2)cc(-n2nccc2-c2ccc(-n3c4ccccc4c4ccccc43)cc2)c1. The first-order chi connectivity index (χ1) is 30.2. The first-order valence-corrected chi connectivity index (χ1v) is 20.4. The van der Waals surface area contributed by atoms with Gasteiger partial charge in [0, 0.05) is 56.2 Å². The Hall–Kier alpha value is -8.42. The molecule has 0 spiro atoms. The number of hydrogen-bond donors (Lipinski definition) is 0. The van der Waals surface area contributed by atoms with Crippen molar-refractivity contribution in [1.29, 1.82) is 0 Å². The van der Waals surface area contributed by atoms with Gasteiger partial charge in [0.15, 0.2) is 0 Å². The summed E-state index contributed by atoms with van der Waals surface area (Å²) in [6.07, 6.45) is 3.68. The van der Waals surface area contributed by atoms with E-state index in [1.54, 1.807) is 0 Å². The fourth-order valence-corrected chi connectivity index (χ4v) is 8.91. The van der Waals surface area contributed by atoms with Crippen LogP contribution in [0.3, 0.4) is 0 Å². The fourth-order valence-electron chi connectivity index (χ4n) is 8.91. The highest BCUT2D eigenvalue weighted by Gasteiger charge is 2.16. The Labute approximate surface area is 351 Å². The molecule has 0 aliphatic carbocycles. The van der Waals surface area contributed by atoms with Crippen LogP contribution in [-0.2, 0) is 0 Å². The molecule has 0 aliphatic heterocycles. The van der Waals surface area contributed by atoms with E-state index in [0.29, 0.717) is 11.5 Å². The highest BCUT2D eigenvalue weighted by molar-refractivity contribution is 6.10. The van der Waals surface area contributed by atoms with Gasteiger partial charge in [-0.1, -0.05) is 109 Å². The Balaban J connectivity index is 0.806. The second kappa shape index (κ2) is 14.1. The van der Waals surface area contributed by atoms with Gasteiger partial charge in [0.2, 0.25) is 0 Å². The van der Waals surface area contributed by atoms with Crippen molar-refractivity contribution in [2.24, 2.45) is 0 Å².